The summed E-state index contributed by atoms with van der Waals surface area (Å²) in [4.78, 5) is 11.1. The predicted molar refractivity (Wildman–Crippen MR) is 78.7 cm³/mol. The highest BCUT2D eigenvalue weighted by molar-refractivity contribution is 5.86. The van der Waals surface area contributed by atoms with Gasteiger partial charge >= 0.3 is 5.97 Å². The zero-order chi connectivity index (χ0) is 14.4. The first-order chi connectivity index (χ1) is 9.67. The lowest BCUT2D eigenvalue weighted by Gasteiger charge is -2.06. The summed E-state index contributed by atoms with van der Waals surface area (Å²) in [5.74, 6) is 1.13. The van der Waals surface area contributed by atoms with E-state index in [-0.39, 0.29) is 5.97 Å². The molecule has 0 bridgehead atoms. The lowest BCUT2D eigenvalue weighted by molar-refractivity contribution is -0.134. The van der Waals surface area contributed by atoms with Crippen molar-refractivity contribution in [3.8, 4) is 11.5 Å². The van der Waals surface area contributed by atoms with E-state index in [1.807, 2.05) is 55.5 Å². The van der Waals surface area contributed by atoms with Crippen LogP contribution in [0.5, 0.6) is 11.5 Å². The molecule has 0 aliphatic carbocycles. The van der Waals surface area contributed by atoms with Crippen molar-refractivity contribution in [2.75, 3.05) is 7.11 Å². The Morgan fingerprint density at radius 2 is 1.80 bits per heavy atom. The summed E-state index contributed by atoms with van der Waals surface area (Å²) >= 11 is 0. The van der Waals surface area contributed by atoms with Gasteiger partial charge in [-0.25, -0.2) is 4.79 Å². The van der Waals surface area contributed by atoms with Gasteiger partial charge in [0.1, 0.15) is 11.5 Å². The number of aryl methyl sites for hydroxylation is 1. The maximum Gasteiger partial charge on any atom is 0.330 e. The normalized spacial score (nSPS) is 10.5. The van der Waals surface area contributed by atoms with Gasteiger partial charge in [-0.05, 0) is 42.8 Å². The van der Waals surface area contributed by atoms with Crippen molar-refractivity contribution in [3.63, 3.8) is 0 Å². The average Bonchev–Trinajstić information content (AvgIpc) is 2.47. The minimum atomic E-state index is -0.380. The summed E-state index contributed by atoms with van der Waals surface area (Å²) < 4.78 is 10.3. The standard InChI is InChI=1S/C17H16O3/c1-13-6-9-15(10-7-13)20-16-5-3-4-14(12-16)8-11-17(18)19-2/h3-12H,1-2H3. The number of hydrogen-bond donors (Lipinski definition) is 0. The van der Waals surface area contributed by atoms with Gasteiger partial charge in [-0.2, -0.15) is 0 Å². The van der Waals surface area contributed by atoms with Crippen molar-refractivity contribution in [1.29, 1.82) is 0 Å². The number of hydrogen-bond acceptors (Lipinski definition) is 3. The summed E-state index contributed by atoms with van der Waals surface area (Å²) in [6.45, 7) is 2.03. The number of rotatable bonds is 4. The van der Waals surface area contributed by atoms with Crippen molar-refractivity contribution in [3.05, 3.63) is 65.7 Å². The second kappa shape index (κ2) is 6.57. The average molecular weight is 268 g/mol. The van der Waals surface area contributed by atoms with Gasteiger partial charge in [-0.1, -0.05) is 29.8 Å². The van der Waals surface area contributed by atoms with Crippen LogP contribution in [0.2, 0.25) is 0 Å². The SMILES string of the molecule is COC(=O)C=Cc1cccc(Oc2ccc(C)cc2)c1. The van der Waals surface area contributed by atoms with Crippen LogP contribution in [0.3, 0.4) is 0 Å². The predicted octanol–water partition coefficient (Wildman–Crippen LogP) is 3.97. The third kappa shape index (κ3) is 3.99. The summed E-state index contributed by atoms with van der Waals surface area (Å²) in [5, 5.41) is 0. The molecule has 102 valence electrons. The zero-order valence-electron chi connectivity index (χ0n) is 11.5. The maximum absolute atomic E-state index is 11.1. The number of methoxy groups -OCH3 is 1. The van der Waals surface area contributed by atoms with Crippen molar-refractivity contribution in [2.24, 2.45) is 0 Å². The molecule has 20 heavy (non-hydrogen) atoms. The fourth-order valence-electron chi connectivity index (χ4n) is 1.66. The third-order valence-corrected chi connectivity index (χ3v) is 2.73. The highest BCUT2D eigenvalue weighted by atomic mass is 16.5. The number of carbonyl (C=O) groups is 1. The molecule has 0 spiro atoms. The Morgan fingerprint density at radius 3 is 2.50 bits per heavy atom. The molecule has 0 heterocycles. The largest absolute Gasteiger partial charge is 0.466 e. The smallest absolute Gasteiger partial charge is 0.330 e. The van der Waals surface area contributed by atoms with Crippen LogP contribution in [0.15, 0.2) is 54.6 Å². The lowest BCUT2D eigenvalue weighted by Crippen LogP contribution is -1.93. The Morgan fingerprint density at radius 1 is 1.05 bits per heavy atom. The maximum atomic E-state index is 11.1. The van der Waals surface area contributed by atoms with Gasteiger partial charge in [-0.15, -0.1) is 0 Å². The zero-order valence-corrected chi connectivity index (χ0v) is 11.5. The van der Waals surface area contributed by atoms with Crippen LogP contribution in [0, 0.1) is 6.92 Å². The molecule has 0 N–H and O–H groups in total. The molecule has 0 aliphatic rings. The van der Waals surface area contributed by atoms with Gasteiger partial charge in [-0.3, -0.25) is 0 Å². The van der Waals surface area contributed by atoms with Crippen LogP contribution in [-0.2, 0) is 9.53 Å². The molecule has 0 amide bonds. The molecule has 0 aliphatic heterocycles. The number of carbonyl (C=O) groups excluding carboxylic acids is 1. The summed E-state index contributed by atoms with van der Waals surface area (Å²) in [5.41, 5.74) is 2.06. The van der Waals surface area contributed by atoms with Crippen LogP contribution in [0.25, 0.3) is 6.08 Å². The first-order valence-electron chi connectivity index (χ1n) is 6.28. The number of benzene rings is 2. The Labute approximate surface area is 118 Å². The van der Waals surface area contributed by atoms with E-state index in [9.17, 15) is 4.79 Å². The van der Waals surface area contributed by atoms with Gasteiger partial charge in [0, 0.05) is 6.08 Å². The van der Waals surface area contributed by atoms with Gasteiger partial charge in [0.15, 0.2) is 0 Å². The Hall–Kier alpha value is -2.55. The fraction of sp³-hybridized carbons (Fsp3) is 0.118. The first-order valence-corrected chi connectivity index (χ1v) is 6.28. The Bertz CT molecular complexity index is 612. The van der Waals surface area contributed by atoms with E-state index in [1.54, 1.807) is 6.08 Å². The van der Waals surface area contributed by atoms with Gasteiger partial charge in [0.05, 0.1) is 7.11 Å². The molecule has 0 radical (unpaired) electrons. The number of ether oxygens (including phenoxy) is 2. The number of esters is 1. The van der Waals surface area contributed by atoms with Crippen LogP contribution < -0.4 is 4.74 Å². The molecule has 0 fully saturated rings. The molecular weight excluding hydrogens is 252 g/mol. The van der Waals surface area contributed by atoms with E-state index < -0.39 is 0 Å². The Balaban J connectivity index is 2.11. The van der Waals surface area contributed by atoms with E-state index in [1.165, 1.54) is 18.7 Å². The molecule has 0 atom stereocenters. The van der Waals surface area contributed by atoms with E-state index >= 15 is 0 Å². The van der Waals surface area contributed by atoms with Crippen LogP contribution in [0.1, 0.15) is 11.1 Å². The molecule has 0 unspecified atom stereocenters. The van der Waals surface area contributed by atoms with Gasteiger partial charge in [0.2, 0.25) is 0 Å². The molecule has 0 saturated carbocycles. The summed E-state index contributed by atoms with van der Waals surface area (Å²) in [6.07, 6.45) is 3.07. The van der Waals surface area contributed by atoms with E-state index in [2.05, 4.69) is 4.74 Å². The van der Waals surface area contributed by atoms with Crippen LogP contribution >= 0.6 is 0 Å². The molecule has 2 rings (SSSR count). The first kappa shape index (κ1) is 13.9. The lowest BCUT2D eigenvalue weighted by atomic mass is 10.2. The molecule has 0 aromatic heterocycles. The van der Waals surface area contributed by atoms with Crippen molar-refractivity contribution >= 4 is 12.0 Å². The topological polar surface area (TPSA) is 35.5 Å². The summed E-state index contributed by atoms with van der Waals surface area (Å²) in [6, 6.07) is 15.3. The van der Waals surface area contributed by atoms with Gasteiger partial charge in [0.25, 0.3) is 0 Å². The third-order valence-electron chi connectivity index (χ3n) is 2.73. The van der Waals surface area contributed by atoms with Crippen molar-refractivity contribution < 1.29 is 14.3 Å². The van der Waals surface area contributed by atoms with E-state index in [0.29, 0.717) is 0 Å². The van der Waals surface area contributed by atoms with Crippen molar-refractivity contribution in [1.82, 2.24) is 0 Å². The highest BCUT2D eigenvalue weighted by Crippen LogP contribution is 2.22. The second-order valence-electron chi connectivity index (χ2n) is 4.34. The molecule has 2 aromatic carbocycles. The second-order valence-corrected chi connectivity index (χ2v) is 4.34. The summed E-state index contributed by atoms with van der Waals surface area (Å²) in [7, 11) is 1.35. The molecule has 3 nitrogen and oxygen atoms in total. The minimum Gasteiger partial charge on any atom is -0.466 e. The van der Waals surface area contributed by atoms with E-state index in [0.717, 1.165) is 17.1 Å². The molecule has 3 heteroatoms. The Kier molecular flexibility index (Phi) is 4.56. The monoisotopic (exact) mass is 268 g/mol. The molecule has 2 aromatic rings. The van der Waals surface area contributed by atoms with Crippen molar-refractivity contribution in [2.45, 2.75) is 6.92 Å². The van der Waals surface area contributed by atoms with E-state index in [4.69, 9.17) is 4.74 Å². The highest BCUT2D eigenvalue weighted by Gasteiger charge is 1.98. The molecule has 0 saturated heterocycles. The van der Waals surface area contributed by atoms with Crippen LogP contribution in [0.4, 0.5) is 0 Å². The fourth-order valence-corrected chi connectivity index (χ4v) is 1.66. The molecular formula is C17H16O3. The van der Waals surface area contributed by atoms with Gasteiger partial charge < -0.3 is 9.47 Å². The quantitative estimate of drug-likeness (QED) is 0.621. The van der Waals surface area contributed by atoms with Crippen LogP contribution in [-0.4, -0.2) is 13.1 Å². The minimum absolute atomic E-state index is 0.380.